The Morgan fingerprint density at radius 3 is 2.63 bits per heavy atom. The second-order valence-electron chi connectivity index (χ2n) is 5.65. The molecule has 0 fully saturated rings. The number of hydrogen-bond acceptors (Lipinski definition) is 5. The molecule has 8 heteroatoms. The summed E-state index contributed by atoms with van der Waals surface area (Å²) in [5, 5.41) is 1.39. The Bertz CT molecular complexity index is 902. The quantitative estimate of drug-likeness (QED) is 0.381. The van der Waals surface area contributed by atoms with Crippen LogP contribution in [0.15, 0.2) is 58.4 Å². The highest BCUT2D eigenvalue weighted by atomic mass is 35.5. The summed E-state index contributed by atoms with van der Waals surface area (Å²) in [6, 6.07) is 11.0. The Morgan fingerprint density at radius 1 is 1.19 bits per heavy atom. The highest BCUT2D eigenvalue weighted by Gasteiger charge is 2.22. The molecule has 0 bridgehead atoms. The zero-order valence-corrected chi connectivity index (χ0v) is 16.9. The molecule has 0 aliphatic carbocycles. The standard InChI is InChI=1S/C19H17Cl2N3O2S/c1-2-27-19-22-10-16(21)17(23-19)18(25)24(12-15-4-3-9-26-15)11-13-5-7-14(20)8-6-13/h3-10H,2,11-12H2,1H3. The SMILES string of the molecule is CCSc1ncc(Cl)c(C(=O)N(Cc2ccc(Cl)cc2)Cc2ccco2)n1. The first-order valence-corrected chi connectivity index (χ1v) is 10.0. The van der Waals surface area contributed by atoms with E-state index in [9.17, 15) is 4.79 Å². The van der Waals surface area contributed by atoms with Crippen molar-refractivity contribution in [1.29, 1.82) is 0 Å². The maximum absolute atomic E-state index is 13.2. The van der Waals surface area contributed by atoms with Gasteiger partial charge in [0.2, 0.25) is 0 Å². The minimum absolute atomic E-state index is 0.183. The van der Waals surface area contributed by atoms with Crippen LogP contribution in [0.2, 0.25) is 10.0 Å². The highest BCUT2D eigenvalue weighted by molar-refractivity contribution is 7.99. The largest absolute Gasteiger partial charge is 0.467 e. The minimum atomic E-state index is -0.285. The first kappa shape index (κ1) is 19.7. The molecule has 2 aromatic heterocycles. The van der Waals surface area contributed by atoms with E-state index in [1.54, 1.807) is 29.4 Å². The van der Waals surface area contributed by atoms with Crippen molar-refractivity contribution in [1.82, 2.24) is 14.9 Å². The molecule has 5 nitrogen and oxygen atoms in total. The first-order chi connectivity index (χ1) is 13.1. The monoisotopic (exact) mass is 421 g/mol. The lowest BCUT2D eigenvalue weighted by Crippen LogP contribution is -2.31. The molecule has 140 valence electrons. The number of rotatable bonds is 7. The van der Waals surface area contributed by atoms with Gasteiger partial charge in [0.25, 0.3) is 5.91 Å². The van der Waals surface area contributed by atoms with E-state index in [4.69, 9.17) is 27.6 Å². The van der Waals surface area contributed by atoms with Gasteiger partial charge in [-0.25, -0.2) is 9.97 Å². The summed E-state index contributed by atoms with van der Waals surface area (Å²) in [4.78, 5) is 23.3. The Hall–Kier alpha value is -2.02. The van der Waals surface area contributed by atoms with Crippen LogP contribution in [-0.2, 0) is 13.1 Å². The Morgan fingerprint density at radius 2 is 1.96 bits per heavy atom. The zero-order chi connectivity index (χ0) is 19.2. The van der Waals surface area contributed by atoms with Gasteiger partial charge in [-0.1, -0.05) is 54.0 Å². The average molecular weight is 422 g/mol. The van der Waals surface area contributed by atoms with E-state index in [0.29, 0.717) is 29.0 Å². The lowest BCUT2D eigenvalue weighted by molar-refractivity contribution is 0.0710. The normalized spacial score (nSPS) is 10.8. The molecule has 0 atom stereocenters. The van der Waals surface area contributed by atoms with Crippen LogP contribution in [0.1, 0.15) is 28.7 Å². The van der Waals surface area contributed by atoms with Gasteiger partial charge >= 0.3 is 0 Å². The molecule has 0 radical (unpaired) electrons. The topological polar surface area (TPSA) is 59.2 Å². The van der Waals surface area contributed by atoms with E-state index in [1.807, 2.05) is 25.1 Å². The molecule has 0 aliphatic rings. The van der Waals surface area contributed by atoms with Crippen LogP contribution in [0.4, 0.5) is 0 Å². The second-order valence-corrected chi connectivity index (χ2v) is 7.72. The third kappa shape index (κ3) is 5.25. The number of hydrogen-bond donors (Lipinski definition) is 0. The number of halogens is 2. The van der Waals surface area contributed by atoms with Gasteiger partial charge < -0.3 is 9.32 Å². The van der Waals surface area contributed by atoms with Crippen molar-refractivity contribution >= 4 is 40.9 Å². The van der Waals surface area contributed by atoms with E-state index in [2.05, 4.69) is 9.97 Å². The van der Waals surface area contributed by atoms with Crippen molar-refractivity contribution in [3.05, 3.63) is 75.9 Å². The lowest BCUT2D eigenvalue weighted by Gasteiger charge is -2.22. The maximum Gasteiger partial charge on any atom is 0.274 e. The highest BCUT2D eigenvalue weighted by Crippen LogP contribution is 2.22. The number of amides is 1. The van der Waals surface area contributed by atoms with Crippen molar-refractivity contribution in [3.63, 3.8) is 0 Å². The van der Waals surface area contributed by atoms with Gasteiger partial charge in [0.05, 0.1) is 24.0 Å². The lowest BCUT2D eigenvalue weighted by atomic mass is 10.2. The van der Waals surface area contributed by atoms with Crippen molar-refractivity contribution < 1.29 is 9.21 Å². The second kappa shape index (κ2) is 9.26. The minimum Gasteiger partial charge on any atom is -0.467 e. The summed E-state index contributed by atoms with van der Waals surface area (Å²) in [6.07, 6.45) is 3.04. The number of furan rings is 1. The van der Waals surface area contributed by atoms with Gasteiger partial charge in [-0.15, -0.1) is 0 Å². The molecule has 27 heavy (non-hydrogen) atoms. The van der Waals surface area contributed by atoms with E-state index in [0.717, 1.165) is 11.3 Å². The molecule has 0 aliphatic heterocycles. The summed E-state index contributed by atoms with van der Waals surface area (Å²) in [6.45, 7) is 2.66. The fourth-order valence-electron chi connectivity index (χ4n) is 2.45. The Kier molecular flexibility index (Phi) is 6.77. The number of carbonyl (C=O) groups excluding carboxylic acids is 1. The molecule has 2 heterocycles. The predicted octanol–water partition coefficient (Wildman–Crippen LogP) is 5.33. The molecule has 0 N–H and O–H groups in total. The summed E-state index contributed by atoms with van der Waals surface area (Å²) in [5.41, 5.74) is 1.12. The van der Waals surface area contributed by atoms with Crippen LogP contribution < -0.4 is 0 Å². The number of nitrogens with zero attached hydrogens (tertiary/aromatic N) is 3. The molecule has 1 amide bonds. The van der Waals surface area contributed by atoms with Crippen molar-refractivity contribution in [2.75, 3.05) is 5.75 Å². The van der Waals surface area contributed by atoms with Gasteiger partial charge in [-0.3, -0.25) is 4.79 Å². The summed E-state index contributed by atoms with van der Waals surface area (Å²) >= 11 is 13.6. The molecular formula is C19H17Cl2N3O2S. The third-order valence-corrected chi connectivity index (χ3v) is 4.97. The molecule has 1 aromatic carbocycles. The molecule has 0 spiro atoms. The van der Waals surface area contributed by atoms with Crippen LogP contribution in [0.25, 0.3) is 0 Å². The van der Waals surface area contributed by atoms with Crippen LogP contribution in [0.5, 0.6) is 0 Å². The summed E-state index contributed by atoms with van der Waals surface area (Å²) in [5.74, 6) is 1.19. The molecule has 3 aromatic rings. The third-order valence-electron chi connectivity index (χ3n) is 3.70. The number of carbonyl (C=O) groups is 1. The van der Waals surface area contributed by atoms with Gasteiger partial charge in [0.1, 0.15) is 5.76 Å². The van der Waals surface area contributed by atoms with Crippen LogP contribution in [0.3, 0.4) is 0 Å². The Balaban J connectivity index is 1.90. The van der Waals surface area contributed by atoms with Crippen LogP contribution in [0, 0.1) is 0 Å². The van der Waals surface area contributed by atoms with E-state index in [1.165, 1.54) is 18.0 Å². The Labute approximate surface area is 171 Å². The van der Waals surface area contributed by atoms with E-state index in [-0.39, 0.29) is 16.6 Å². The van der Waals surface area contributed by atoms with Crippen LogP contribution in [-0.4, -0.2) is 26.5 Å². The fraction of sp³-hybridized carbons (Fsp3) is 0.211. The summed E-state index contributed by atoms with van der Waals surface area (Å²) in [7, 11) is 0. The van der Waals surface area contributed by atoms with Crippen molar-refractivity contribution in [3.8, 4) is 0 Å². The van der Waals surface area contributed by atoms with Gasteiger partial charge in [-0.2, -0.15) is 0 Å². The number of benzene rings is 1. The van der Waals surface area contributed by atoms with Crippen molar-refractivity contribution in [2.45, 2.75) is 25.2 Å². The molecule has 3 rings (SSSR count). The van der Waals surface area contributed by atoms with E-state index < -0.39 is 0 Å². The number of thioether (sulfide) groups is 1. The van der Waals surface area contributed by atoms with Crippen molar-refractivity contribution in [2.24, 2.45) is 0 Å². The molecule has 0 unspecified atom stereocenters. The smallest absolute Gasteiger partial charge is 0.274 e. The fourth-order valence-corrected chi connectivity index (χ4v) is 3.29. The number of aromatic nitrogens is 2. The van der Waals surface area contributed by atoms with Gasteiger partial charge in [0.15, 0.2) is 10.9 Å². The zero-order valence-electron chi connectivity index (χ0n) is 14.6. The van der Waals surface area contributed by atoms with Gasteiger partial charge in [0, 0.05) is 11.6 Å². The predicted molar refractivity (Wildman–Crippen MR) is 107 cm³/mol. The van der Waals surface area contributed by atoms with E-state index >= 15 is 0 Å². The first-order valence-electron chi connectivity index (χ1n) is 8.28. The molecule has 0 saturated carbocycles. The average Bonchev–Trinajstić information content (AvgIpc) is 3.17. The van der Waals surface area contributed by atoms with Gasteiger partial charge in [-0.05, 0) is 35.6 Å². The molecular weight excluding hydrogens is 405 g/mol. The summed E-state index contributed by atoms with van der Waals surface area (Å²) < 4.78 is 5.41. The van der Waals surface area contributed by atoms with Crippen LogP contribution >= 0.6 is 35.0 Å². The molecule has 0 saturated heterocycles. The maximum atomic E-state index is 13.2.